The van der Waals surface area contributed by atoms with Gasteiger partial charge in [-0.3, -0.25) is 0 Å². The van der Waals surface area contributed by atoms with Gasteiger partial charge in [0.15, 0.2) is 5.03 Å². The van der Waals surface area contributed by atoms with Crippen LogP contribution < -0.4 is 5.73 Å². The lowest BCUT2D eigenvalue weighted by molar-refractivity contribution is 0.249. The van der Waals surface area contributed by atoms with Gasteiger partial charge in [0.25, 0.3) is 10.0 Å². The van der Waals surface area contributed by atoms with E-state index in [9.17, 15) is 8.42 Å². The Labute approximate surface area is 108 Å². The lowest BCUT2D eigenvalue weighted by Crippen LogP contribution is -2.48. The fraction of sp³-hybridized carbons (Fsp3) is 0.727. The maximum Gasteiger partial charge on any atom is 0.262 e. The fourth-order valence-corrected chi connectivity index (χ4v) is 3.61. The summed E-state index contributed by atoms with van der Waals surface area (Å²) in [5, 5.41) is 0.132. The summed E-state index contributed by atoms with van der Waals surface area (Å²) in [6.45, 7) is 5.59. The predicted octanol–water partition coefficient (Wildman–Crippen LogP) is 0.261. The minimum atomic E-state index is -3.46. The molecule has 102 valence electrons. The smallest absolute Gasteiger partial charge is 0.262 e. The summed E-state index contributed by atoms with van der Waals surface area (Å²) in [7, 11) is -3.46. The number of hydrogen-bond donors (Lipinski definition) is 1. The molecule has 0 radical (unpaired) electrons. The van der Waals surface area contributed by atoms with E-state index in [4.69, 9.17) is 5.73 Å². The van der Waals surface area contributed by atoms with Crippen molar-refractivity contribution in [1.29, 1.82) is 0 Å². The molecule has 1 aromatic rings. The molecule has 2 unspecified atom stereocenters. The SMILES string of the molecule is CCn1cnc(S(=O)(=O)N2CCC(N)C(C)C2)c1. The van der Waals surface area contributed by atoms with Gasteiger partial charge in [-0.25, -0.2) is 13.4 Å². The summed E-state index contributed by atoms with van der Waals surface area (Å²) in [5.74, 6) is 0.182. The Bertz CT molecular complexity index is 511. The molecule has 1 aliphatic rings. The molecule has 2 atom stereocenters. The molecule has 6 nitrogen and oxygen atoms in total. The second-order valence-electron chi connectivity index (χ2n) is 4.84. The molecule has 0 saturated carbocycles. The molecule has 7 heteroatoms. The average molecular weight is 272 g/mol. The molecule has 1 aliphatic heterocycles. The second kappa shape index (κ2) is 4.99. The van der Waals surface area contributed by atoms with E-state index >= 15 is 0 Å². The number of imidazole rings is 1. The third-order valence-electron chi connectivity index (χ3n) is 3.51. The Balaban J connectivity index is 2.21. The van der Waals surface area contributed by atoms with Gasteiger partial charge in [-0.15, -0.1) is 0 Å². The van der Waals surface area contributed by atoms with Crippen molar-refractivity contribution in [3.05, 3.63) is 12.5 Å². The lowest BCUT2D eigenvalue weighted by atomic mass is 9.96. The number of aromatic nitrogens is 2. The number of aryl methyl sites for hydroxylation is 1. The van der Waals surface area contributed by atoms with Crippen LogP contribution in [0.25, 0.3) is 0 Å². The van der Waals surface area contributed by atoms with Crippen LogP contribution in [0.3, 0.4) is 0 Å². The molecule has 0 bridgehead atoms. The first-order chi connectivity index (χ1) is 8.45. The van der Waals surface area contributed by atoms with Crippen molar-refractivity contribution in [1.82, 2.24) is 13.9 Å². The number of nitrogens with zero attached hydrogens (tertiary/aromatic N) is 3. The zero-order valence-electron chi connectivity index (χ0n) is 10.8. The molecule has 0 amide bonds. The van der Waals surface area contributed by atoms with Crippen molar-refractivity contribution in [2.24, 2.45) is 11.7 Å². The third-order valence-corrected chi connectivity index (χ3v) is 5.26. The van der Waals surface area contributed by atoms with Crippen molar-refractivity contribution in [3.8, 4) is 0 Å². The number of rotatable bonds is 3. The zero-order valence-corrected chi connectivity index (χ0v) is 11.6. The van der Waals surface area contributed by atoms with Crippen molar-refractivity contribution in [2.45, 2.75) is 37.9 Å². The standard InChI is InChI=1S/C11H20N4O2S/c1-3-14-7-11(13-8-14)18(16,17)15-5-4-10(12)9(2)6-15/h7-10H,3-6,12H2,1-2H3. The van der Waals surface area contributed by atoms with E-state index in [1.165, 1.54) is 4.31 Å². The minimum Gasteiger partial charge on any atom is -0.336 e. The van der Waals surface area contributed by atoms with Crippen molar-refractivity contribution in [3.63, 3.8) is 0 Å². The zero-order chi connectivity index (χ0) is 13.3. The van der Waals surface area contributed by atoms with Gasteiger partial charge in [0.2, 0.25) is 0 Å². The van der Waals surface area contributed by atoms with Gasteiger partial charge in [0.05, 0.1) is 6.33 Å². The molecule has 1 aromatic heterocycles. The molecule has 0 spiro atoms. The highest BCUT2D eigenvalue weighted by Gasteiger charge is 2.33. The van der Waals surface area contributed by atoms with Crippen LogP contribution in [-0.4, -0.2) is 41.4 Å². The maximum atomic E-state index is 12.4. The van der Waals surface area contributed by atoms with Crippen LogP contribution in [0.4, 0.5) is 0 Å². The molecular weight excluding hydrogens is 252 g/mol. The van der Waals surface area contributed by atoms with E-state index in [1.807, 2.05) is 13.8 Å². The summed E-state index contributed by atoms with van der Waals surface area (Å²) >= 11 is 0. The van der Waals surface area contributed by atoms with Crippen molar-refractivity contribution in [2.75, 3.05) is 13.1 Å². The molecule has 1 fully saturated rings. The Morgan fingerprint density at radius 1 is 1.56 bits per heavy atom. The fourth-order valence-electron chi connectivity index (χ4n) is 2.12. The average Bonchev–Trinajstić information content (AvgIpc) is 2.81. The Hall–Kier alpha value is -0.920. The van der Waals surface area contributed by atoms with E-state index < -0.39 is 10.0 Å². The monoisotopic (exact) mass is 272 g/mol. The Morgan fingerprint density at radius 2 is 2.28 bits per heavy atom. The first-order valence-corrected chi connectivity index (χ1v) is 7.66. The van der Waals surface area contributed by atoms with Gasteiger partial charge >= 0.3 is 0 Å². The van der Waals surface area contributed by atoms with Gasteiger partial charge in [-0.2, -0.15) is 4.31 Å². The van der Waals surface area contributed by atoms with Crippen LogP contribution in [0, 0.1) is 5.92 Å². The molecule has 0 aromatic carbocycles. The first-order valence-electron chi connectivity index (χ1n) is 6.22. The van der Waals surface area contributed by atoms with E-state index in [0.29, 0.717) is 26.1 Å². The highest BCUT2D eigenvalue weighted by Crippen LogP contribution is 2.21. The van der Waals surface area contributed by atoms with Crippen LogP contribution in [0.5, 0.6) is 0 Å². The van der Waals surface area contributed by atoms with Crippen LogP contribution in [0.15, 0.2) is 17.6 Å². The quantitative estimate of drug-likeness (QED) is 0.856. The third kappa shape index (κ3) is 2.43. The van der Waals surface area contributed by atoms with E-state index in [2.05, 4.69) is 4.98 Å². The number of nitrogens with two attached hydrogens (primary N) is 1. The highest BCUT2D eigenvalue weighted by molar-refractivity contribution is 7.89. The van der Waals surface area contributed by atoms with Gasteiger partial charge < -0.3 is 10.3 Å². The first kappa shape index (κ1) is 13.5. The van der Waals surface area contributed by atoms with Gasteiger partial charge in [-0.05, 0) is 19.3 Å². The Kier molecular flexibility index (Phi) is 3.74. The molecule has 2 rings (SSSR count). The van der Waals surface area contributed by atoms with Crippen molar-refractivity contribution >= 4 is 10.0 Å². The number of hydrogen-bond acceptors (Lipinski definition) is 4. The van der Waals surface area contributed by atoms with E-state index in [0.717, 1.165) is 0 Å². The van der Waals surface area contributed by atoms with E-state index in [1.54, 1.807) is 17.1 Å². The largest absolute Gasteiger partial charge is 0.336 e. The van der Waals surface area contributed by atoms with Crippen LogP contribution in [-0.2, 0) is 16.6 Å². The number of sulfonamides is 1. The summed E-state index contributed by atoms with van der Waals surface area (Å²) in [6.07, 6.45) is 3.83. The summed E-state index contributed by atoms with van der Waals surface area (Å²) < 4.78 is 28.0. The van der Waals surface area contributed by atoms with Crippen LogP contribution >= 0.6 is 0 Å². The maximum absolute atomic E-state index is 12.4. The van der Waals surface area contributed by atoms with E-state index in [-0.39, 0.29) is 17.0 Å². The molecule has 2 N–H and O–H groups in total. The topological polar surface area (TPSA) is 81.2 Å². The summed E-state index contributed by atoms with van der Waals surface area (Å²) in [6, 6.07) is 0.0876. The van der Waals surface area contributed by atoms with Crippen molar-refractivity contribution < 1.29 is 8.42 Å². The summed E-state index contributed by atoms with van der Waals surface area (Å²) in [4.78, 5) is 3.98. The van der Waals surface area contributed by atoms with Gasteiger partial charge in [0.1, 0.15) is 0 Å². The molecule has 0 aliphatic carbocycles. The second-order valence-corrected chi connectivity index (χ2v) is 6.72. The minimum absolute atomic E-state index is 0.0876. The predicted molar refractivity (Wildman–Crippen MR) is 68.4 cm³/mol. The van der Waals surface area contributed by atoms with Gasteiger partial charge in [-0.1, -0.05) is 6.92 Å². The normalized spacial score (nSPS) is 26.4. The Morgan fingerprint density at radius 3 is 2.83 bits per heavy atom. The lowest BCUT2D eigenvalue weighted by Gasteiger charge is -2.33. The molecule has 2 heterocycles. The molecule has 1 saturated heterocycles. The van der Waals surface area contributed by atoms with Gasteiger partial charge in [0, 0.05) is 31.9 Å². The number of piperidine rings is 1. The van der Waals surface area contributed by atoms with Crippen LogP contribution in [0.1, 0.15) is 20.3 Å². The molecule has 18 heavy (non-hydrogen) atoms. The van der Waals surface area contributed by atoms with Crippen LogP contribution in [0.2, 0.25) is 0 Å². The molecular formula is C11H20N4O2S. The summed E-state index contributed by atoms with van der Waals surface area (Å²) in [5.41, 5.74) is 5.91. The highest BCUT2D eigenvalue weighted by atomic mass is 32.2.